The zero-order chi connectivity index (χ0) is 13.8. The molecule has 0 spiro atoms. The molecule has 0 saturated carbocycles. The van der Waals surface area contributed by atoms with Crippen LogP contribution in [0.2, 0.25) is 0 Å². The van der Waals surface area contributed by atoms with Crippen LogP contribution in [0.3, 0.4) is 0 Å². The topological polar surface area (TPSA) is 39.1 Å². The van der Waals surface area contributed by atoms with E-state index in [-0.39, 0.29) is 5.56 Å². The molecule has 2 aromatic carbocycles. The number of anilines is 3. The maximum absolute atomic E-state index is 13.1. The van der Waals surface area contributed by atoms with Crippen molar-refractivity contribution in [2.24, 2.45) is 0 Å². The molecule has 3 nitrogen and oxygen atoms in total. The standard InChI is InChI=1S/C15H14FN3/c1-19(2)15-6-4-3-5-14(15)18-13-8-7-12(16)9-11(13)10-17/h3-9,18H,1-2H3. The molecule has 0 bridgehead atoms. The lowest BCUT2D eigenvalue weighted by Crippen LogP contribution is -2.11. The second-order valence-electron chi connectivity index (χ2n) is 4.34. The molecule has 0 fully saturated rings. The van der Waals surface area contributed by atoms with E-state index in [4.69, 9.17) is 5.26 Å². The van der Waals surface area contributed by atoms with E-state index in [1.807, 2.05) is 49.3 Å². The second kappa shape index (κ2) is 5.40. The van der Waals surface area contributed by atoms with E-state index in [0.29, 0.717) is 5.69 Å². The average Bonchev–Trinajstić information content (AvgIpc) is 2.41. The third-order valence-electron chi connectivity index (χ3n) is 2.76. The molecular formula is C15H14FN3. The average molecular weight is 255 g/mol. The predicted molar refractivity (Wildman–Crippen MR) is 75.2 cm³/mol. The first-order chi connectivity index (χ1) is 9.11. The Bertz CT molecular complexity index is 630. The highest BCUT2D eigenvalue weighted by molar-refractivity contribution is 5.77. The van der Waals surface area contributed by atoms with Crippen LogP contribution in [0.1, 0.15) is 5.56 Å². The van der Waals surface area contributed by atoms with Crippen LogP contribution in [0.25, 0.3) is 0 Å². The predicted octanol–water partition coefficient (Wildman–Crippen LogP) is 3.51. The van der Waals surface area contributed by atoms with Gasteiger partial charge in [-0.15, -0.1) is 0 Å². The van der Waals surface area contributed by atoms with Crippen molar-refractivity contribution >= 4 is 17.1 Å². The molecule has 19 heavy (non-hydrogen) atoms. The Morgan fingerprint density at radius 1 is 1.11 bits per heavy atom. The van der Waals surface area contributed by atoms with Gasteiger partial charge in [0.05, 0.1) is 22.6 Å². The zero-order valence-electron chi connectivity index (χ0n) is 10.8. The molecule has 0 heterocycles. The van der Waals surface area contributed by atoms with Crippen LogP contribution < -0.4 is 10.2 Å². The van der Waals surface area contributed by atoms with Crippen molar-refractivity contribution in [3.05, 3.63) is 53.8 Å². The molecule has 0 amide bonds. The largest absolute Gasteiger partial charge is 0.376 e. The van der Waals surface area contributed by atoms with Gasteiger partial charge in [-0.3, -0.25) is 0 Å². The van der Waals surface area contributed by atoms with Crippen LogP contribution in [0.4, 0.5) is 21.5 Å². The smallest absolute Gasteiger partial charge is 0.124 e. The Kier molecular flexibility index (Phi) is 3.67. The van der Waals surface area contributed by atoms with Crippen molar-refractivity contribution in [3.8, 4) is 6.07 Å². The molecule has 2 rings (SSSR count). The van der Waals surface area contributed by atoms with E-state index in [1.54, 1.807) is 6.07 Å². The van der Waals surface area contributed by atoms with E-state index in [0.717, 1.165) is 11.4 Å². The van der Waals surface area contributed by atoms with Crippen LogP contribution in [0, 0.1) is 17.1 Å². The molecule has 2 aromatic rings. The number of nitrogens with one attached hydrogen (secondary N) is 1. The summed E-state index contributed by atoms with van der Waals surface area (Å²) in [6, 6.07) is 13.9. The van der Waals surface area contributed by atoms with Crippen LogP contribution >= 0.6 is 0 Å². The summed E-state index contributed by atoms with van der Waals surface area (Å²) in [5.41, 5.74) is 2.75. The number of benzene rings is 2. The second-order valence-corrected chi connectivity index (χ2v) is 4.34. The van der Waals surface area contributed by atoms with E-state index in [1.165, 1.54) is 12.1 Å². The minimum Gasteiger partial charge on any atom is -0.376 e. The van der Waals surface area contributed by atoms with Gasteiger partial charge in [-0.2, -0.15) is 5.26 Å². The molecule has 0 aliphatic heterocycles. The van der Waals surface area contributed by atoms with Gasteiger partial charge in [0.2, 0.25) is 0 Å². The summed E-state index contributed by atoms with van der Waals surface area (Å²) >= 11 is 0. The molecule has 0 aliphatic rings. The third-order valence-corrected chi connectivity index (χ3v) is 2.76. The third kappa shape index (κ3) is 2.83. The number of hydrogen-bond donors (Lipinski definition) is 1. The number of nitriles is 1. The summed E-state index contributed by atoms with van der Waals surface area (Å²) < 4.78 is 13.1. The number of rotatable bonds is 3. The molecule has 0 unspecified atom stereocenters. The van der Waals surface area contributed by atoms with Gasteiger partial charge < -0.3 is 10.2 Å². The van der Waals surface area contributed by atoms with Crippen molar-refractivity contribution in [1.29, 1.82) is 5.26 Å². The molecule has 1 N–H and O–H groups in total. The summed E-state index contributed by atoms with van der Waals surface area (Å²) in [6.45, 7) is 0. The fourth-order valence-electron chi connectivity index (χ4n) is 1.83. The zero-order valence-corrected chi connectivity index (χ0v) is 10.8. The lowest BCUT2D eigenvalue weighted by Gasteiger charge is -2.18. The molecule has 0 atom stereocenters. The Balaban J connectivity index is 2.40. The van der Waals surface area contributed by atoms with Crippen molar-refractivity contribution in [3.63, 3.8) is 0 Å². The molecule has 96 valence electrons. The lowest BCUT2D eigenvalue weighted by atomic mass is 10.1. The molecular weight excluding hydrogens is 241 g/mol. The van der Waals surface area contributed by atoms with Crippen LogP contribution in [-0.4, -0.2) is 14.1 Å². The Morgan fingerprint density at radius 2 is 1.84 bits per heavy atom. The van der Waals surface area contributed by atoms with Crippen molar-refractivity contribution < 1.29 is 4.39 Å². The summed E-state index contributed by atoms with van der Waals surface area (Å²) in [5, 5.41) is 12.2. The quantitative estimate of drug-likeness (QED) is 0.912. The minimum absolute atomic E-state index is 0.286. The van der Waals surface area contributed by atoms with E-state index < -0.39 is 5.82 Å². The Morgan fingerprint density at radius 3 is 2.53 bits per heavy atom. The highest BCUT2D eigenvalue weighted by atomic mass is 19.1. The van der Waals surface area contributed by atoms with Gasteiger partial charge in [-0.25, -0.2) is 4.39 Å². The molecule has 0 aliphatic carbocycles. The van der Waals surface area contributed by atoms with Crippen molar-refractivity contribution in [2.45, 2.75) is 0 Å². The van der Waals surface area contributed by atoms with E-state index >= 15 is 0 Å². The fourth-order valence-corrected chi connectivity index (χ4v) is 1.83. The first kappa shape index (κ1) is 12.9. The molecule has 4 heteroatoms. The van der Waals surface area contributed by atoms with Crippen molar-refractivity contribution in [2.75, 3.05) is 24.3 Å². The maximum Gasteiger partial charge on any atom is 0.124 e. The highest BCUT2D eigenvalue weighted by Crippen LogP contribution is 2.28. The Labute approximate surface area is 111 Å². The van der Waals surface area contributed by atoms with Crippen LogP contribution in [-0.2, 0) is 0 Å². The number of nitrogens with zero attached hydrogens (tertiary/aromatic N) is 2. The number of para-hydroxylation sites is 2. The van der Waals surface area contributed by atoms with Crippen LogP contribution in [0.5, 0.6) is 0 Å². The Hall–Kier alpha value is -2.54. The van der Waals surface area contributed by atoms with Crippen molar-refractivity contribution in [1.82, 2.24) is 0 Å². The normalized spacial score (nSPS) is 9.79. The SMILES string of the molecule is CN(C)c1ccccc1Nc1ccc(F)cc1C#N. The van der Waals surface area contributed by atoms with Gasteiger partial charge in [-0.05, 0) is 30.3 Å². The molecule has 0 aromatic heterocycles. The lowest BCUT2D eigenvalue weighted by molar-refractivity contribution is 0.627. The summed E-state index contributed by atoms with van der Waals surface area (Å²) in [7, 11) is 3.88. The number of hydrogen-bond acceptors (Lipinski definition) is 3. The fraction of sp³-hybridized carbons (Fsp3) is 0.133. The summed E-state index contributed by atoms with van der Waals surface area (Å²) in [4.78, 5) is 1.97. The maximum atomic E-state index is 13.1. The van der Waals surface area contributed by atoms with Gasteiger partial charge in [0.25, 0.3) is 0 Å². The van der Waals surface area contributed by atoms with E-state index in [9.17, 15) is 4.39 Å². The first-order valence-electron chi connectivity index (χ1n) is 5.85. The van der Waals surface area contributed by atoms with Crippen LogP contribution in [0.15, 0.2) is 42.5 Å². The monoisotopic (exact) mass is 255 g/mol. The summed E-state index contributed by atoms with van der Waals surface area (Å²) in [5.74, 6) is -0.414. The minimum atomic E-state index is -0.414. The highest BCUT2D eigenvalue weighted by Gasteiger charge is 2.07. The van der Waals surface area contributed by atoms with E-state index in [2.05, 4.69) is 5.32 Å². The van der Waals surface area contributed by atoms with Gasteiger partial charge in [0.15, 0.2) is 0 Å². The first-order valence-corrected chi connectivity index (χ1v) is 5.85. The van der Waals surface area contributed by atoms with Gasteiger partial charge >= 0.3 is 0 Å². The molecule has 0 saturated heterocycles. The van der Waals surface area contributed by atoms with Gasteiger partial charge in [0, 0.05) is 14.1 Å². The molecule has 0 radical (unpaired) electrons. The number of halogens is 1. The summed E-state index contributed by atoms with van der Waals surface area (Å²) in [6.07, 6.45) is 0. The van der Waals surface area contributed by atoms with Gasteiger partial charge in [0.1, 0.15) is 11.9 Å². The van der Waals surface area contributed by atoms with Gasteiger partial charge in [-0.1, -0.05) is 12.1 Å².